The topological polar surface area (TPSA) is 80.9 Å². The molecule has 2 rings (SSSR count). The minimum absolute atomic E-state index is 0.504. The summed E-state index contributed by atoms with van der Waals surface area (Å²) in [6.07, 6.45) is 1.90. The number of hydrogen-bond acceptors (Lipinski definition) is 5. The van der Waals surface area contributed by atoms with E-state index in [1.165, 1.54) is 5.56 Å². The normalized spacial score (nSPS) is 11.3. The van der Waals surface area contributed by atoms with E-state index in [-0.39, 0.29) is 0 Å². The van der Waals surface area contributed by atoms with Crippen LogP contribution in [0.4, 0.5) is 0 Å². The van der Waals surface area contributed by atoms with Crippen molar-refractivity contribution in [3.63, 3.8) is 0 Å². The van der Waals surface area contributed by atoms with E-state index in [4.69, 9.17) is 13.9 Å². The fourth-order valence-corrected chi connectivity index (χ4v) is 2.53. The van der Waals surface area contributed by atoms with Gasteiger partial charge in [0.15, 0.2) is 17.5 Å². The number of aliphatic imine (C=N–C) groups is 1. The van der Waals surface area contributed by atoms with Crippen molar-refractivity contribution in [1.82, 2.24) is 15.6 Å². The lowest BCUT2D eigenvalue weighted by molar-refractivity contribution is 0.354. The Balaban J connectivity index is 1.75. The zero-order valence-corrected chi connectivity index (χ0v) is 16.2. The molecular weight excluding hydrogens is 332 g/mol. The van der Waals surface area contributed by atoms with Crippen LogP contribution in [0.1, 0.15) is 29.3 Å². The molecule has 0 amide bonds. The van der Waals surface area contributed by atoms with Crippen LogP contribution < -0.4 is 20.1 Å². The first-order valence-electron chi connectivity index (χ1n) is 8.65. The van der Waals surface area contributed by atoms with Gasteiger partial charge in [0, 0.05) is 13.6 Å². The van der Waals surface area contributed by atoms with Gasteiger partial charge in [-0.2, -0.15) is 0 Å². The van der Waals surface area contributed by atoms with Gasteiger partial charge >= 0.3 is 0 Å². The number of hydrogen-bond donors (Lipinski definition) is 2. The van der Waals surface area contributed by atoms with Gasteiger partial charge in [-0.25, -0.2) is 4.98 Å². The first kappa shape index (κ1) is 19.6. The van der Waals surface area contributed by atoms with Crippen molar-refractivity contribution in [3.05, 3.63) is 41.1 Å². The number of guanidine groups is 1. The van der Waals surface area contributed by atoms with Crippen LogP contribution in [0, 0.1) is 13.8 Å². The summed E-state index contributed by atoms with van der Waals surface area (Å²) in [6, 6.07) is 6.00. The Labute approximate surface area is 154 Å². The van der Waals surface area contributed by atoms with Gasteiger partial charge < -0.3 is 24.5 Å². The fourth-order valence-electron chi connectivity index (χ4n) is 2.53. The van der Waals surface area contributed by atoms with Crippen LogP contribution in [0.3, 0.4) is 0 Å². The van der Waals surface area contributed by atoms with Gasteiger partial charge in [-0.1, -0.05) is 6.07 Å². The molecule has 1 aromatic carbocycles. The summed E-state index contributed by atoms with van der Waals surface area (Å²) >= 11 is 0. The Morgan fingerprint density at radius 2 is 1.92 bits per heavy atom. The molecule has 0 aliphatic heterocycles. The van der Waals surface area contributed by atoms with E-state index in [0.29, 0.717) is 12.4 Å². The largest absolute Gasteiger partial charge is 0.493 e. The zero-order chi connectivity index (χ0) is 18.9. The third-order valence-electron chi connectivity index (χ3n) is 4.09. The Hall–Kier alpha value is -2.70. The highest BCUT2D eigenvalue weighted by Gasteiger charge is 2.07. The molecule has 142 valence electrons. The SMILES string of the molecule is CN=C(NCCCc1ccc(OC)c(OC)c1)NCc1nc(C)c(C)o1. The van der Waals surface area contributed by atoms with Crippen LogP contribution in [0.5, 0.6) is 11.5 Å². The second-order valence-electron chi connectivity index (χ2n) is 5.89. The summed E-state index contributed by atoms with van der Waals surface area (Å²) in [6.45, 7) is 5.15. The van der Waals surface area contributed by atoms with Crippen LogP contribution in [-0.2, 0) is 13.0 Å². The van der Waals surface area contributed by atoms with Gasteiger partial charge in [-0.15, -0.1) is 0 Å². The third kappa shape index (κ3) is 5.40. The number of rotatable bonds is 8. The molecule has 1 aromatic heterocycles. The lowest BCUT2D eigenvalue weighted by Gasteiger charge is -2.12. The smallest absolute Gasteiger partial charge is 0.214 e. The molecule has 2 N–H and O–H groups in total. The molecule has 7 heteroatoms. The van der Waals surface area contributed by atoms with Gasteiger partial charge in [0.1, 0.15) is 5.76 Å². The number of methoxy groups -OCH3 is 2. The van der Waals surface area contributed by atoms with E-state index in [1.54, 1.807) is 21.3 Å². The zero-order valence-electron chi connectivity index (χ0n) is 16.2. The van der Waals surface area contributed by atoms with E-state index < -0.39 is 0 Å². The van der Waals surface area contributed by atoms with Crippen LogP contribution in [0.2, 0.25) is 0 Å². The van der Waals surface area contributed by atoms with Crippen LogP contribution in [0.15, 0.2) is 27.6 Å². The van der Waals surface area contributed by atoms with E-state index in [1.807, 2.05) is 26.0 Å². The van der Waals surface area contributed by atoms with E-state index >= 15 is 0 Å². The number of oxazole rings is 1. The quantitative estimate of drug-likeness (QED) is 0.428. The number of ether oxygens (including phenoxy) is 2. The Bertz CT molecular complexity index is 721. The summed E-state index contributed by atoms with van der Waals surface area (Å²) in [7, 11) is 5.03. The average molecular weight is 360 g/mol. The molecule has 0 saturated carbocycles. The molecule has 0 spiro atoms. The van der Waals surface area contributed by atoms with Crippen LogP contribution in [0.25, 0.3) is 0 Å². The average Bonchev–Trinajstić information content (AvgIpc) is 2.98. The molecule has 0 aliphatic carbocycles. The van der Waals surface area contributed by atoms with E-state index in [0.717, 1.165) is 48.3 Å². The van der Waals surface area contributed by atoms with Crippen molar-refractivity contribution in [1.29, 1.82) is 0 Å². The van der Waals surface area contributed by atoms with Crippen molar-refractivity contribution < 1.29 is 13.9 Å². The number of nitrogens with one attached hydrogen (secondary N) is 2. The predicted molar refractivity (Wildman–Crippen MR) is 102 cm³/mol. The van der Waals surface area contributed by atoms with Crippen LogP contribution in [-0.4, -0.2) is 38.8 Å². The lowest BCUT2D eigenvalue weighted by atomic mass is 10.1. The van der Waals surface area contributed by atoms with Crippen molar-refractivity contribution >= 4 is 5.96 Å². The highest BCUT2D eigenvalue weighted by atomic mass is 16.5. The standard InChI is InChI=1S/C19H28N4O3/c1-13-14(2)26-18(23-13)12-22-19(20-3)21-10-6-7-15-8-9-16(24-4)17(11-15)25-5/h8-9,11H,6-7,10,12H2,1-5H3,(H2,20,21,22). The number of nitrogens with zero attached hydrogens (tertiary/aromatic N) is 2. The third-order valence-corrected chi connectivity index (χ3v) is 4.09. The molecule has 0 bridgehead atoms. The highest BCUT2D eigenvalue weighted by Crippen LogP contribution is 2.27. The maximum atomic E-state index is 5.55. The fraction of sp³-hybridized carbons (Fsp3) is 0.474. The van der Waals surface area contributed by atoms with Crippen molar-refractivity contribution in [2.45, 2.75) is 33.2 Å². The molecule has 0 saturated heterocycles. The number of benzene rings is 1. The minimum atomic E-state index is 0.504. The minimum Gasteiger partial charge on any atom is -0.493 e. The Kier molecular flexibility index (Phi) is 7.32. The number of aryl methyl sites for hydroxylation is 3. The summed E-state index contributed by atoms with van der Waals surface area (Å²) < 4.78 is 16.2. The molecule has 0 aliphatic rings. The molecule has 0 radical (unpaired) electrons. The summed E-state index contributed by atoms with van der Waals surface area (Å²) in [4.78, 5) is 8.56. The van der Waals surface area contributed by atoms with Crippen LogP contribution >= 0.6 is 0 Å². The van der Waals surface area contributed by atoms with Gasteiger partial charge in [-0.3, -0.25) is 4.99 Å². The number of aromatic nitrogens is 1. The molecule has 1 heterocycles. The first-order valence-corrected chi connectivity index (χ1v) is 8.65. The van der Waals surface area contributed by atoms with Gasteiger partial charge in [0.25, 0.3) is 0 Å². The molecular formula is C19H28N4O3. The summed E-state index contributed by atoms with van der Waals surface area (Å²) in [5.74, 6) is 3.74. The first-order chi connectivity index (χ1) is 12.6. The van der Waals surface area contributed by atoms with Gasteiger partial charge in [0.2, 0.25) is 5.89 Å². The summed E-state index contributed by atoms with van der Waals surface area (Å²) in [5.41, 5.74) is 2.12. The van der Waals surface area contributed by atoms with E-state index in [9.17, 15) is 0 Å². The maximum absolute atomic E-state index is 5.55. The van der Waals surface area contributed by atoms with E-state index in [2.05, 4.69) is 26.7 Å². The Morgan fingerprint density at radius 1 is 1.15 bits per heavy atom. The molecule has 0 unspecified atom stereocenters. The molecule has 7 nitrogen and oxygen atoms in total. The van der Waals surface area contributed by atoms with Crippen molar-refractivity contribution in [2.75, 3.05) is 27.8 Å². The van der Waals surface area contributed by atoms with Gasteiger partial charge in [-0.05, 0) is 44.4 Å². The maximum Gasteiger partial charge on any atom is 0.214 e. The Morgan fingerprint density at radius 3 is 2.54 bits per heavy atom. The second-order valence-corrected chi connectivity index (χ2v) is 5.89. The highest BCUT2D eigenvalue weighted by molar-refractivity contribution is 5.79. The summed E-state index contributed by atoms with van der Waals surface area (Å²) in [5, 5.41) is 6.50. The molecule has 2 aromatic rings. The lowest BCUT2D eigenvalue weighted by Crippen LogP contribution is -2.37. The van der Waals surface area contributed by atoms with Gasteiger partial charge in [0.05, 0.1) is 26.5 Å². The molecule has 0 fully saturated rings. The van der Waals surface area contributed by atoms with Crippen molar-refractivity contribution in [2.24, 2.45) is 4.99 Å². The monoisotopic (exact) mass is 360 g/mol. The predicted octanol–water partition coefficient (Wildman–Crippen LogP) is 2.61. The molecule has 0 atom stereocenters. The molecule has 26 heavy (non-hydrogen) atoms. The second kappa shape index (κ2) is 9.70. The van der Waals surface area contributed by atoms with Crippen molar-refractivity contribution in [3.8, 4) is 11.5 Å².